The summed E-state index contributed by atoms with van der Waals surface area (Å²) in [6.07, 6.45) is -2.21. The van der Waals surface area contributed by atoms with Crippen LogP contribution in [-0.4, -0.2) is 12.2 Å². The minimum absolute atomic E-state index is 0.0715. The van der Waals surface area contributed by atoms with Gasteiger partial charge < -0.3 is 5.32 Å². The molecule has 1 fully saturated rings. The summed E-state index contributed by atoms with van der Waals surface area (Å²) in [7, 11) is 0. The van der Waals surface area contributed by atoms with Crippen LogP contribution in [0.4, 0.5) is 13.2 Å². The first kappa shape index (κ1) is 16.1. The molecule has 0 bridgehead atoms. The van der Waals surface area contributed by atoms with Crippen LogP contribution in [0.1, 0.15) is 31.2 Å². The van der Waals surface area contributed by atoms with Gasteiger partial charge in [-0.25, -0.2) is 0 Å². The Balaban J connectivity index is 1.88. The van der Waals surface area contributed by atoms with Crippen molar-refractivity contribution >= 4 is 27.5 Å². The average Bonchev–Trinajstić information content (AvgIpc) is 2.39. The number of halogens is 5. The van der Waals surface area contributed by atoms with Crippen molar-refractivity contribution in [1.82, 2.24) is 5.32 Å². The highest BCUT2D eigenvalue weighted by molar-refractivity contribution is 9.10. The summed E-state index contributed by atoms with van der Waals surface area (Å²) in [6, 6.07) is 5.51. The third-order valence-electron chi connectivity index (χ3n) is 3.72. The van der Waals surface area contributed by atoms with E-state index in [1.807, 2.05) is 18.2 Å². The van der Waals surface area contributed by atoms with Crippen LogP contribution in [0.15, 0.2) is 22.7 Å². The summed E-state index contributed by atoms with van der Waals surface area (Å²) in [5.74, 6) is -1.16. The highest BCUT2D eigenvalue weighted by atomic mass is 79.9. The van der Waals surface area contributed by atoms with Crippen molar-refractivity contribution in [1.29, 1.82) is 0 Å². The molecule has 1 N–H and O–H groups in total. The average molecular weight is 371 g/mol. The van der Waals surface area contributed by atoms with E-state index in [9.17, 15) is 13.2 Å². The van der Waals surface area contributed by atoms with Crippen LogP contribution in [0.2, 0.25) is 5.02 Å². The van der Waals surface area contributed by atoms with Gasteiger partial charge in [0.1, 0.15) is 0 Å². The molecule has 1 aromatic rings. The molecule has 112 valence electrons. The molecule has 2 unspecified atom stereocenters. The van der Waals surface area contributed by atoms with Crippen LogP contribution < -0.4 is 5.32 Å². The second-order valence-corrected chi connectivity index (χ2v) is 6.49. The van der Waals surface area contributed by atoms with Crippen molar-refractivity contribution < 1.29 is 13.2 Å². The highest BCUT2D eigenvalue weighted by Gasteiger charge is 2.41. The second kappa shape index (κ2) is 6.67. The number of rotatable bonds is 3. The van der Waals surface area contributed by atoms with Crippen molar-refractivity contribution in [2.45, 2.75) is 44.4 Å². The van der Waals surface area contributed by atoms with Crippen molar-refractivity contribution in [2.75, 3.05) is 0 Å². The Hall–Kier alpha value is -0.260. The summed E-state index contributed by atoms with van der Waals surface area (Å²) in [4.78, 5) is 0. The number of benzene rings is 1. The normalized spacial score (nSPS) is 23.9. The van der Waals surface area contributed by atoms with E-state index in [-0.39, 0.29) is 18.9 Å². The van der Waals surface area contributed by atoms with Gasteiger partial charge in [0.25, 0.3) is 0 Å². The Morgan fingerprint density at radius 1 is 1.30 bits per heavy atom. The van der Waals surface area contributed by atoms with Gasteiger partial charge >= 0.3 is 6.18 Å². The molecule has 20 heavy (non-hydrogen) atoms. The Bertz CT molecular complexity index is 464. The molecule has 2 atom stereocenters. The smallest absolute Gasteiger partial charge is 0.310 e. The van der Waals surface area contributed by atoms with Gasteiger partial charge in [-0.2, -0.15) is 13.2 Å². The van der Waals surface area contributed by atoms with Crippen LogP contribution in [0.3, 0.4) is 0 Å². The van der Waals surface area contributed by atoms with E-state index in [0.717, 1.165) is 16.5 Å². The van der Waals surface area contributed by atoms with E-state index < -0.39 is 12.1 Å². The SMILES string of the molecule is FC(F)(F)C1CCCC(NCc2ccc(Br)c(Cl)c2)C1. The molecule has 0 saturated heterocycles. The van der Waals surface area contributed by atoms with Crippen LogP contribution in [0.25, 0.3) is 0 Å². The van der Waals surface area contributed by atoms with E-state index >= 15 is 0 Å². The van der Waals surface area contributed by atoms with Crippen LogP contribution >= 0.6 is 27.5 Å². The number of alkyl halides is 3. The summed E-state index contributed by atoms with van der Waals surface area (Å²) in [6.45, 7) is 0.544. The maximum atomic E-state index is 12.7. The Morgan fingerprint density at radius 3 is 2.70 bits per heavy atom. The van der Waals surface area contributed by atoms with Crippen LogP contribution in [0.5, 0.6) is 0 Å². The highest BCUT2D eigenvalue weighted by Crippen LogP contribution is 2.37. The second-order valence-electron chi connectivity index (χ2n) is 5.23. The van der Waals surface area contributed by atoms with E-state index in [2.05, 4.69) is 21.2 Å². The molecule has 0 amide bonds. The van der Waals surface area contributed by atoms with Crippen molar-refractivity contribution in [3.8, 4) is 0 Å². The molecule has 0 aliphatic heterocycles. The maximum absolute atomic E-state index is 12.7. The largest absolute Gasteiger partial charge is 0.391 e. The molecule has 1 aliphatic rings. The van der Waals surface area contributed by atoms with Gasteiger partial charge in [0.15, 0.2) is 0 Å². The van der Waals surface area contributed by atoms with Gasteiger partial charge in [-0.1, -0.05) is 24.1 Å². The summed E-state index contributed by atoms with van der Waals surface area (Å²) in [5.41, 5.74) is 0.979. The standard InChI is InChI=1S/C14H16BrClF3N/c15-12-5-4-9(6-13(12)16)8-20-11-3-1-2-10(7-11)14(17,18)19/h4-6,10-11,20H,1-3,7-8H2. The molecular weight excluding hydrogens is 355 g/mol. The van der Waals surface area contributed by atoms with Crippen molar-refractivity contribution in [3.05, 3.63) is 33.3 Å². The van der Waals surface area contributed by atoms with Crippen molar-refractivity contribution in [2.24, 2.45) is 5.92 Å². The molecule has 2 rings (SSSR count). The molecule has 6 heteroatoms. The fraction of sp³-hybridized carbons (Fsp3) is 0.571. The molecule has 1 nitrogen and oxygen atoms in total. The van der Waals surface area contributed by atoms with Gasteiger partial charge in [0, 0.05) is 17.1 Å². The molecule has 0 heterocycles. The minimum Gasteiger partial charge on any atom is -0.310 e. The molecule has 1 aromatic carbocycles. The van der Waals surface area contributed by atoms with E-state index in [0.29, 0.717) is 18.0 Å². The Kier molecular flexibility index (Phi) is 5.37. The van der Waals surface area contributed by atoms with Gasteiger partial charge in [0.2, 0.25) is 0 Å². The predicted molar refractivity (Wildman–Crippen MR) is 77.8 cm³/mol. The first-order valence-electron chi connectivity index (χ1n) is 6.60. The molecule has 0 spiro atoms. The molecule has 0 radical (unpaired) electrons. The zero-order chi connectivity index (χ0) is 14.8. The van der Waals surface area contributed by atoms with E-state index in [1.165, 1.54) is 0 Å². The lowest BCUT2D eigenvalue weighted by molar-refractivity contribution is -0.183. The number of nitrogens with one attached hydrogen (secondary N) is 1. The van der Waals surface area contributed by atoms with Gasteiger partial charge in [-0.05, 0) is 52.9 Å². The zero-order valence-corrected chi connectivity index (χ0v) is 13.2. The topological polar surface area (TPSA) is 12.0 Å². The molecule has 0 aromatic heterocycles. The fourth-order valence-corrected chi connectivity index (χ4v) is 3.03. The monoisotopic (exact) mass is 369 g/mol. The van der Waals surface area contributed by atoms with Gasteiger partial charge in [-0.15, -0.1) is 0 Å². The van der Waals surface area contributed by atoms with E-state index in [4.69, 9.17) is 11.6 Å². The quantitative estimate of drug-likeness (QED) is 0.760. The van der Waals surface area contributed by atoms with Gasteiger partial charge in [-0.3, -0.25) is 0 Å². The third-order valence-corrected chi connectivity index (χ3v) is 4.95. The predicted octanol–water partition coefficient (Wildman–Crippen LogP) is 5.31. The zero-order valence-electron chi connectivity index (χ0n) is 10.8. The third kappa shape index (κ3) is 4.37. The molecular formula is C14H16BrClF3N. The Labute approximate surface area is 130 Å². The first-order valence-corrected chi connectivity index (χ1v) is 7.77. The first-order chi connectivity index (χ1) is 9.36. The maximum Gasteiger partial charge on any atom is 0.391 e. The lowest BCUT2D eigenvalue weighted by Crippen LogP contribution is -2.38. The number of hydrogen-bond acceptors (Lipinski definition) is 1. The van der Waals surface area contributed by atoms with E-state index in [1.54, 1.807) is 0 Å². The van der Waals surface area contributed by atoms with Crippen molar-refractivity contribution in [3.63, 3.8) is 0 Å². The molecule has 1 saturated carbocycles. The lowest BCUT2D eigenvalue weighted by atomic mass is 9.85. The van der Waals surface area contributed by atoms with Crippen LogP contribution in [-0.2, 0) is 6.54 Å². The van der Waals surface area contributed by atoms with Crippen LogP contribution in [0, 0.1) is 5.92 Å². The fourth-order valence-electron chi connectivity index (χ4n) is 2.58. The summed E-state index contributed by atoms with van der Waals surface area (Å²) in [5, 5.41) is 3.82. The minimum atomic E-state index is -4.07. The summed E-state index contributed by atoms with van der Waals surface area (Å²) < 4.78 is 39.0. The number of hydrogen-bond donors (Lipinski definition) is 1. The molecule has 1 aliphatic carbocycles. The van der Waals surface area contributed by atoms with Gasteiger partial charge in [0.05, 0.1) is 10.9 Å². The lowest BCUT2D eigenvalue weighted by Gasteiger charge is -2.31. The Morgan fingerprint density at radius 2 is 2.05 bits per heavy atom. The summed E-state index contributed by atoms with van der Waals surface area (Å²) >= 11 is 9.30.